The first-order valence-corrected chi connectivity index (χ1v) is 12.9. The third kappa shape index (κ3) is 4.79. The van der Waals surface area contributed by atoms with Crippen LogP contribution in [0.5, 0.6) is 0 Å². The third-order valence-electron chi connectivity index (χ3n) is 7.54. The number of likely N-dealkylation sites (tertiary alicyclic amines) is 1. The largest absolute Gasteiger partial charge is 0.378 e. The number of benzene rings is 2. The second-order valence-corrected chi connectivity index (χ2v) is 10.1. The number of para-hydroxylation sites is 1. The number of morpholine rings is 1. The van der Waals surface area contributed by atoms with Crippen LogP contribution in [0.15, 0.2) is 48.5 Å². The van der Waals surface area contributed by atoms with Crippen molar-refractivity contribution >= 4 is 40.7 Å². The van der Waals surface area contributed by atoms with Gasteiger partial charge in [-0.05, 0) is 31.0 Å². The highest BCUT2D eigenvalue weighted by Crippen LogP contribution is 2.40. The van der Waals surface area contributed by atoms with Gasteiger partial charge in [0.05, 0.1) is 35.4 Å². The zero-order chi connectivity index (χ0) is 26.9. The average Bonchev–Trinajstić information content (AvgIpc) is 3.20. The lowest BCUT2D eigenvalue weighted by Gasteiger charge is -2.43. The van der Waals surface area contributed by atoms with Gasteiger partial charge in [0.2, 0.25) is 5.91 Å². The molecule has 2 aromatic rings. The number of carbonyl (C=O) groups excluding carboxylic acids is 3. The molecule has 2 aromatic carbocycles. The first-order chi connectivity index (χ1) is 18.3. The topological polar surface area (TPSA) is 117 Å². The van der Waals surface area contributed by atoms with Gasteiger partial charge < -0.3 is 24.3 Å². The minimum Gasteiger partial charge on any atom is -0.378 e. The lowest BCUT2D eigenvalue weighted by atomic mass is 9.85. The van der Waals surface area contributed by atoms with Gasteiger partial charge in [-0.25, -0.2) is 0 Å². The molecule has 0 aromatic heterocycles. The third-order valence-corrected chi connectivity index (χ3v) is 7.86. The van der Waals surface area contributed by atoms with E-state index < -0.39 is 10.5 Å². The van der Waals surface area contributed by atoms with Crippen LogP contribution in [-0.2, 0) is 14.3 Å². The predicted molar refractivity (Wildman–Crippen MR) is 139 cm³/mol. The molecular formula is C26H28ClN5O6. The van der Waals surface area contributed by atoms with E-state index in [-0.39, 0.29) is 47.2 Å². The second-order valence-electron chi connectivity index (χ2n) is 9.65. The van der Waals surface area contributed by atoms with Crippen molar-refractivity contribution in [3.63, 3.8) is 0 Å². The molecule has 38 heavy (non-hydrogen) atoms. The number of non-ortho nitro benzene ring substituents is 1. The molecule has 3 heterocycles. The van der Waals surface area contributed by atoms with Crippen molar-refractivity contribution < 1.29 is 24.0 Å². The molecule has 3 fully saturated rings. The van der Waals surface area contributed by atoms with Crippen molar-refractivity contribution in [2.75, 3.05) is 57.5 Å². The Morgan fingerprint density at radius 1 is 1.00 bits per heavy atom. The Balaban J connectivity index is 1.34. The molecule has 1 spiro atoms. The fraction of sp³-hybridized carbons (Fsp3) is 0.423. The van der Waals surface area contributed by atoms with Crippen LogP contribution in [0.25, 0.3) is 0 Å². The van der Waals surface area contributed by atoms with Gasteiger partial charge in [0.15, 0.2) is 0 Å². The summed E-state index contributed by atoms with van der Waals surface area (Å²) in [5, 5.41) is 11.0. The smallest absolute Gasteiger partial charge is 0.270 e. The molecule has 200 valence electrons. The lowest BCUT2D eigenvalue weighted by Crippen LogP contribution is -2.57. The Morgan fingerprint density at radius 2 is 1.68 bits per heavy atom. The first-order valence-electron chi connectivity index (χ1n) is 12.5. The summed E-state index contributed by atoms with van der Waals surface area (Å²) in [7, 11) is 0. The number of amides is 3. The standard InChI is InChI=1S/C26H28ClN5O6/c27-22-16-20(32(36)37)6-7-21(22)24(34)29-10-8-26(9-11-29)25(35)30(17-23(33)28-12-14-38-15-13-28)18-31(26)19-4-2-1-3-5-19/h1-7,16H,8-15,17-18H2. The van der Waals surface area contributed by atoms with Crippen molar-refractivity contribution in [1.29, 1.82) is 0 Å². The quantitative estimate of drug-likeness (QED) is 0.421. The number of rotatable bonds is 5. The highest BCUT2D eigenvalue weighted by atomic mass is 35.5. The molecule has 0 unspecified atom stereocenters. The van der Waals surface area contributed by atoms with Crippen LogP contribution in [0, 0.1) is 10.1 Å². The van der Waals surface area contributed by atoms with Crippen LogP contribution >= 0.6 is 11.6 Å². The molecule has 0 N–H and O–H groups in total. The number of nitro benzene ring substituents is 1. The Kier molecular flexibility index (Phi) is 7.22. The number of nitro groups is 1. The SMILES string of the molecule is O=C(CN1CN(c2ccccc2)C2(CCN(C(=O)c3ccc([N+](=O)[O-])cc3Cl)CC2)C1=O)N1CCOCC1. The molecule has 12 heteroatoms. The molecule has 0 saturated carbocycles. The minimum atomic E-state index is -0.886. The predicted octanol–water partition coefficient (Wildman–Crippen LogP) is 2.39. The lowest BCUT2D eigenvalue weighted by molar-refractivity contribution is -0.384. The number of halogens is 1. The molecule has 0 radical (unpaired) electrons. The molecule has 3 saturated heterocycles. The molecule has 0 atom stereocenters. The Bertz CT molecular complexity index is 1240. The van der Waals surface area contributed by atoms with Gasteiger partial charge in [-0.2, -0.15) is 0 Å². The van der Waals surface area contributed by atoms with Crippen LogP contribution in [-0.4, -0.2) is 95.5 Å². The summed E-state index contributed by atoms with van der Waals surface area (Å²) in [4.78, 5) is 57.5. The number of ether oxygens (including phenoxy) is 1. The molecule has 3 aliphatic heterocycles. The molecular weight excluding hydrogens is 514 g/mol. The maximum atomic E-state index is 13.9. The van der Waals surface area contributed by atoms with Crippen LogP contribution < -0.4 is 4.90 Å². The minimum absolute atomic E-state index is 0.00896. The fourth-order valence-electron chi connectivity index (χ4n) is 5.44. The second kappa shape index (κ2) is 10.6. The number of nitrogens with zero attached hydrogens (tertiary/aromatic N) is 5. The number of hydrogen-bond acceptors (Lipinski definition) is 7. The maximum Gasteiger partial charge on any atom is 0.270 e. The highest BCUT2D eigenvalue weighted by Gasteiger charge is 2.54. The van der Waals surface area contributed by atoms with E-state index >= 15 is 0 Å². The van der Waals surface area contributed by atoms with E-state index in [1.54, 1.807) is 14.7 Å². The number of piperidine rings is 1. The summed E-state index contributed by atoms with van der Waals surface area (Å²) < 4.78 is 5.34. The maximum absolute atomic E-state index is 13.9. The average molecular weight is 542 g/mol. The summed E-state index contributed by atoms with van der Waals surface area (Å²) in [5.74, 6) is -0.564. The van der Waals surface area contributed by atoms with E-state index in [4.69, 9.17) is 16.3 Å². The normalized spacial score (nSPS) is 19.2. The van der Waals surface area contributed by atoms with Gasteiger partial charge in [0.1, 0.15) is 12.1 Å². The number of hydrogen-bond donors (Lipinski definition) is 0. The van der Waals surface area contributed by atoms with E-state index in [1.807, 2.05) is 35.2 Å². The van der Waals surface area contributed by atoms with Crippen molar-refractivity contribution in [2.24, 2.45) is 0 Å². The molecule has 3 aliphatic rings. The van der Waals surface area contributed by atoms with Gasteiger partial charge >= 0.3 is 0 Å². The summed E-state index contributed by atoms with van der Waals surface area (Å²) >= 11 is 6.20. The Morgan fingerprint density at radius 3 is 2.32 bits per heavy atom. The summed E-state index contributed by atoms with van der Waals surface area (Å²) in [6.07, 6.45) is 0.749. The summed E-state index contributed by atoms with van der Waals surface area (Å²) in [6.45, 7) is 2.86. The number of carbonyl (C=O) groups is 3. The molecule has 3 amide bonds. The van der Waals surface area contributed by atoms with Crippen LogP contribution in [0.1, 0.15) is 23.2 Å². The Labute approximate surface area is 224 Å². The summed E-state index contributed by atoms with van der Waals surface area (Å²) in [6, 6.07) is 13.4. The highest BCUT2D eigenvalue weighted by molar-refractivity contribution is 6.34. The zero-order valence-electron chi connectivity index (χ0n) is 20.8. The van der Waals surface area contributed by atoms with Crippen molar-refractivity contribution in [2.45, 2.75) is 18.4 Å². The molecule has 0 bridgehead atoms. The van der Waals surface area contributed by atoms with Crippen LogP contribution in [0.3, 0.4) is 0 Å². The van der Waals surface area contributed by atoms with E-state index in [9.17, 15) is 24.5 Å². The monoisotopic (exact) mass is 541 g/mol. The molecule has 0 aliphatic carbocycles. The van der Waals surface area contributed by atoms with E-state index in [2.05, 4.69) is 0 Å². The molecule has 5 rings (SSSR count). The fourth-order valence-corrected chi connectivity index (χ4v) is 5.70. The van der Waals surface area contributed by atoms with E-state index in [0.29, 0.717) is 52.2 Å². The van der Waals surface area contributed by atoms with Crippen LogP contribution in [0.2, 0.25) is 5.02 Å². The van der Waals surface area contributed by atoms with E-state index in [0.717, 1.165) is 5.69 Å². The van der Waals surface area contributed by atoms with Gasteiger partial charge in [-0.1, -0.05) is 29.8 Å². The van der Waals surface area contributed by atoms with Crippen LogP contribution in [0.4, 0.5) is 11.4 Å². The van der Waals surface area contributed by atoms with E-state index in [1.165, 1.54) is 18.2 Å². The van der Waals surface area contributed by atoms with Gasteiger partial charge in [-0.3, -0.25) is 24.5 Å². The van der Waals surface area contributed by atoms with Gasteiger partial charge in [0, 0.05) is 44.0 Å². The first kappa shape index (κ1) is 25.9. The zero-order valence-corrected chi connectivity index (χ0v) is 21.5. The van der Waals surface area contributed by atoms with Gasteiger partial charge in [0.25, 0.3) is 17.5 Å². The van der Waals surface area contributed by atoms with Crippen molar-refractivity contribution in [3.05, 3.63) is 69.2 Å². The Hall–Kier alpha value is -3.70. The van der Waals surface area contributed by atoms with Crippen molar-refractivity contribution in [3.8, 4) is 0 Å². The van der Waals surface area contributed by atoms with Gasteiger partial charge in [-0.15, -0.1) is 0 Å². The van der Waals surface area contributed by atoms with Crippen molar-refractivity contribution in [1.82, 2.24) is 14.7 Å². The summed E-state index contributed by atoms with van der Waals surface area (Å²) in [5.41, 5.74) is -0.0159. The number of anilines is 1. The molecule has 11 nitrogen and oxygen atoms in total.